The molecule has 0 fully saturated rings. The summed E-state index contributed by atoms with van der Waals surface area (Å²) in [5.41, 5.74) is 0.160. The van der Waals surface area contributed by atoms with Crippen LogP contribution >= 0.6 is 11.3 Å². The summed E-state index contributed by atoms with van der Waals surface area (Å²) in [6.07, 6.45) is 0. The maximum atomic E-state index is 11.6. The highest BCUT2D eigenvalue weighted by Crippen LogP contribution is 2.22. The molecular formula is C10H8N2O4S. The van der Waals surface area contributed by atoms with Crippen LogP contribution in [0.3, 0.4) is 0 Å². The van der Waals surface area contributed by atoms with E-state index in [1.807, 2.05) is 0 Å². The topological polar surface area (TPSA) is 92.4 Å². The number of aryl methyl sites for hydroxylation is 1. The lowest BCUT2D eigenvalue weighted by Crippen LogP contribution is -2.10. The highest BCUT2D eigenvalue weighted by atomic mass is 32.1. The number of carbonyl (C=O) groups is 2. The Morgan fingerprint density at radius 1 is 1.47 bits per heavy atom. The van der Waals surface area contributed by atoms with Crippen molar-refractivity contribution in [3.8, 4) is 0 Å². The zero-order chi connectivity index (χ0) is 12.4. The first kappa shape index (κ1) is 11.3. The third-order valence-electron chi connectivity index (χ3n) is 1.91. The average Bonchev–Trinajstić information content (AvgIpc) is 2.86. The quantitative estimate of drug-likeness (QED) is 0.871. The summed E-state index contributed by atoms with van der Waals surface area (Å²) in [5, 5.41) is 15.3. The summed E-state index contributed by atoms with van der Waals surface area (Å²) in [6, 6.07) is 4.46. The Bertz CT molecular complexity index is 572. The van der Waals surface area contributed by atoms with Gasteiger partial charge in [-0.3, -0.25) is 4.79 Å². The van der Waals surface area contributed by atoms with E-state index >= 15 is 0 Å². The minimum Gasteiger partial charge on any atom is -0.477 e. The Hall–Kier alpha value is -2.15. The van der Waals surface area contributed by atoms with Crippen molar-refractivity contribution < 1.29 is 19.2 Å². The number of thiophene rings is 1. The molecule has 0 aromatic carbocycles. The fraction of sp³-hybridized carbons (Fsp3) is 0.100. The number of nitrogens with zero attached hydrogens (tertiary/aromatic N) is 1. The molecule has 0 saturated carbocycles. The summed E-state index contributed by atoms with van der Waals surface area (Å²) < 4.78 is 4.77. The number of anilines is 1. The first-order chi connectivity index (χ1) is 8.06. The maximum absolute atomic E-state index is 11.6. The number of hydrogen-bond donors (Lipinski definition) is 2. The van der Waals surface area contributed by atoms with Crippen LogP contribution in [0.5, 0.6) is 0 Å². The second-order valence-corrected chi connectivity index (χ2v) is 4.33. The van der Waals surface area contributed by atoms with Crippen molar-refractivity contribution >= 4 is 28.2 Å². The second kappa shape index (κ2) is 4.38. The molecule has 2 aromatic heterocycles. The molecule has 2 heterocycles. The van der Waals surface area contributed by atoms with Crippen molar-refractivity contribution in [3.63, 3.8) is 0 Å². The first-order valence-electron chi connectivity index (χ1n) is 4.64. The minimum absolute atomic E-state index is 0.160. The van der Waals surface area contributed by atoms with Crippen LogP contribution in [0.2, 0.25) is 0 Å². The van der Waals surface area contributed by atoms with E-state index in [1.165, 1.54) is 18.2 Å². The van der Waals surface area contributed by atoms with Crippen molar-refractivity contribution in [1.82, 2.24) is 5.16 Å². The van der Waals surface area contributed by atoms with E-state index in [-0.39, 0.29) is 10.6 Å². The summed E-state index contributed by atoms with van der Waals surface area (Å²) in [7, 11) is 0. The van der Waals surface area contributed by atoms with Gasteiger partial charge >= 0.3 is 5.97 Å². The average molecular weight is 252 g/mol. The molecule has 0 aliphatic carbocycles. The molecule has 2 rings (SSSR count). The monoisotopic (exact) mass is 252 g/mol. The number of aromatic nitrogens is 1. The van der Waals surface area contributed by atoms with Crippen molar-refractivity contribution in [2.75, 3.05) is 5.32 Å². The summed E-state index contributed by atoms with van der Waals surface area (Å²) in [6.45, 7) is 1.68. The van der Waals surface area contributed by atoms with Crippen LogP contribution in [0, 0.1) is 6.92 Å². The Balaban J connectivity index is 2.10. The van der Waals surface area contributed by atoms with Crippen LogP contribution in [0.4, 0.5) is 5.00 Å². The number of nitrogens with one attached hydrogen (secondary N) is 1. The van der Waals surface area contributed by atoms with Crippen molar-refractivity contribution in [2.45, 2.75) is 6.92 Å². The molecule has 0 saturated heterocycles. The molecule has 2 aromatic rings. The Labute approximate surface area is 99.9 Å². The fourth-order valence-electron chi connectivity index (χ4n) is 1.17. The summed E-state index contributed by atoms with van der Waals surface area (Å²) in [4.78, 5) is 22.4. The normalized spacial score (nSPS) is 10.2. The van der Waals surface area contributed by atoms with Gasteiger partial charge in [-0.15, -0.1) is 11.3 Å². The van der Waals surface area contributed by atoms with E-state index in [0.29, 0.717) is 10.8 Å². The van der Waals surface area contributed by atoms with Gasteiger partial charge in [0.25, 0.3) is 5.91 Å². The number of carboxylic acid groups (broad SMARTS) is 1. The van der Waals surface area contributed by atoms with E-state index in [0.717, 1.165) is 11.3 Å². The molecular weight excluding hydrogens is 244 g/mol. The molecule has 17 heavy (non-hydrogen) atoms. The molecule has 7 heteroatoms. The summed E-state index contributed by atoms with van der Waals surface area (Å²) in [5.74, 6) is -0.916. The fourth-order valence-corrected chi connectivity index (χ4v) is 1.91. The van der Waals surface area contributed by atoms with Crippen molar-refractivity contribution in [1.29, 1.82) is 0 Å². The molecule has 2 N–H and O–H groups in total. The smallest absolute Gasteiger partial charge is 0.345 e. The molecule has 88 valence electrons. The Kier molecular flexibility index (Phi) is 2.92. The Morgan fingerprint density at radius 3 is 2.76 bits per heavy atom. The minimum atomic E-state index is -1.02. The van der Waals surface area contributed by atoms with E-state index in [9.17, 15) is 9.59 Å². The van der Waals surface area contributed by atoms with Crippen molar-refractivity contribution in [2.24, 2.45) is 0 Å². The molecule has 0 radical (unpaired) electrons. The van der Waals surface area contributed by atoms with Gasteiger partial charge in [-0.25, -0.2) is 4.79 Å². The van der Waals surface area contributed by atoms with Gasteiger partial charge in [-0.1, -0.05) is 5.16 Å². The van der Waals surface area contributed by atoms with Gasteiger partial charge in [0.1, 0.15) is 10.6 Å². The molecule has 6 nitrogen and oxygen atoms in total. The van der Waals surface area contributed by atoms with Crippen LogP contribution < -0.4 is 5.32 Å². The van der Waals surface area contributed by atoms with E-state index in [1.54, 1.807) is 6.92 Å². The maximum Gasteiger partial charge on any atom is 0.345 e. The second-order valence-electron chi connectivity index (χ2n) is 3.25. The third-order valence-corrected chi connectivity index (χ3v) is 2.90. The van der Waals surface area contributed by atoms with E-state index < -0.39 is 11.9 Å². The van der Waals surface area contributed by atoms with Gasteiger partial charge in [0, 0.05) is 6.07 Å². The van der Waals surface area contributed by atoms with Gasteiger partial charge in [-0.05, 0) is 19.1 Å². The molecule has 0 spiro atoms. The number of rotatable bonds is 3. The molecule has 0 aliphatic rings. The van der Waals surface area contributed by atoms with E-state index in [4.69, 9.17) is 9.63 Å². The predicted octanol–water partition coefficient (Wildman–Crippen LogP) is 2.00. The van der Waals surface area contributed by atoms with Crippen LogP contribution in [0.1, 0.15) is 25.9 Å². The number of carboxylic acids is 1. The lowest BCUT2D eigenvalue weighted by Gasteiger charge is -1.96. The molecule has 0 atom stereocenters. The highest BCUT2D eigenvalue weighted by molar-refractivity contribution is 7.18. The zero-order valence-electron chi connectivity index (χ0n) is 8.76. The van der Waals surface area contributed by atoms with Gasteiger partial charge < -0.3 is 14.9 Å². The van der Waals surface area contributed by atoms with E-state index in [2.05, 4.69) is 10.5 Å². The zero-order valence-corrected chi connectivity index (χ0v) is 9.58. The number of amides is 1. The van der Waals surface area contributed by atoms with Gasteiger partial charge in [-0.2, -0.15) is 0 Å². The number of hydrogen-bond acceptors (Lipinski definition) is 5. The molecule has 0 unspecified atom stereocenters. The third kappa shape index (κ3) is 2.51. The van der Waals surface area contributed by atoms with Gasteiger partial charge in [0.05, 0.1) is 5.00 Å². The SMILES string of the molecule is Cc1cc(C(=O)Nc2ccc(C(=O)O)s2)no1. The standard InChI is InChI=1S/C10H8N2O4S/c1-5-4-6(12-16-5)9(13)11-8-3-2-7(17-8)10(14)15/h2-4H,1H3,(H,11,13)(H,14,15). The van der Waals surface area contributed by atoms with Crippen LogP contribution in [-0.4, -0.2) is 22.1 Å². The first-order valence-corrected chi connectivity index (χ1v) is 5.45. The molecule has 0 aliphatic heterocycles. The van der Waals surface area contributed by atoms with Crippen LogP contribution in [0.25, 0.3) is 0 Å². The molecule has 1 amide bonds. The summed E-state index contributed by atoms with van der Waals surface area (Å²) >= 11 is 0.981. The molecule has 0 bridgehead atoms. The largest absolute Gasteiger partial charge is 0.477 e. The Morgan fingerprint density at radius 2 is 2.24 bits per heavy atom. The van der Waals surface area contributed by atoms with Crippen molar-refractivity contribution in [3.05, 3.63) is 34.5 Å². The van der Waals surface area contributed by atoms with Gasteiger partial charge in [0.2, 0.25) is 0 Å². The van der Waals surface area contributed by atoms with Crippen LogP contribution in [-0.2, 0) is 0 Å². The van der Waals surface area contributed by atoms with Crippen LogP contribution in [0.15, 0.2) is 22.7 Å². The number of carbonyl (C=O) groups excluding carboxylic acids is 1. The lowest BCUT2D eigenvalue weighted by atomic mass is 10.3. The highest BCUT2D eigenvalue weighted by Gasteiger charge is 2.13. The van der Waals surface area contributed by atoms with Gasteiger partial charge in [0.15, 0.2) is 5.69 Å². The number of aromatic carboxylic acids is 1. The predicted molar refractivity (Wildman–Crippen MR) is 60.5 cm³/mol. The lowest BCUT2D eigenvalue weighted by molar-refractivity contribution is 0.0702.